The van der Waals surface area contributed by atoms with Gasteiger partial charge in [-0.05, 0) is 72.5 Å². The molecule has 0 aliphatic rings. The normalized spacial score (nSPS) is 11.0. The number of carbonyl (C=O) groups excluding carboxylic acids is 1. The van der Waals surface area contributed by atoms with E-state index in [4.69, 9.17) is 15.2 Å². The highest BCUT2D eigenvalue weighted by Gasteiger charge is 2.13. The van der Waals surface area contributed by atoms with Crippen LogP contribution in [0.5, 0.6) is 5.75 Å². The van der Waals surface area contributed by atoms with Crippen LogP contribution < -0.4 is 10.5 Å². The van der Waals surface area contributed by atoms with Crippen LogP contribution in [0.4, 0.5) is 0 Å². The van der Waals surface area contributed by atoms with Crippen molar-refractivity contribution in [3.63, 3.8) is 0 Å². The van der Waals surface area contributed by atoms with E-state index in [9.17, 15) is 4.79 Å². The molecule has 0 saturated heterocycles. The molecule has 2 N–H and O–H groups in total. The highest BCUT2D eigenvalue weighted by atomic mass is 16.5. The number of fused-ring (bicyclic) bond motifs is 1. The zero-order valence-corrected chi connectivity index (χ0v) is 19.3. The van der Waals surface area contributed by atoms with Gasteiger partial charge in [-0.15, -0.1) is 0 Å². The van der Waals surface area contributed by atoms with Crippen molar-refractivity contribution in [2.75, 3.05) is 6.61 Å². The van der Waals surface area contributed by atoms with E-state index in [0.29, 0.717) is 25.5 Å². The van der Waals surface area contributed by atoms with Crippen LogP contribution in [0.1, 0.15) is 29.3 Å². The number of hydrogen-bond donors (Lipinski definition) is 1. The van der Waals surface area contributed by atoms with Crippen molar-refractivity contribution in [3.05, 3.63) is 83.3 Å². The molecule has 0 saturated carbocycles. The van der Waals surface area contributed by atoms with Gasteiger partial charge >= 0.3 is 5.97 Å². The van der Waals surface area contributed by atoms with Gasteiger partial charge in [-0.2, -0.15) is 0 Å². The molecule has 0 aliphatic carbocycles. The molecule has 6 heteroatoms. The maximum Gasteiger partial charge on any atom is 0.310 e. The van der Waals surface area contributed by atoms with E-state index >= 15 is 0 Å². The maximum absolute atomic E-state index is 12.0. The second kappa shape index (κ2) is 9.88. The number of carbonyl (C=O) groups is 1. The minimum absolute atomic E-state index is 0.185. The van der Waals surface area contributed by atoms with E-state index in [1.807, 2.05) is 44.3 Å². The Morgan fingerprint density at radius 1 is 1.12 bits per heavy atom. The molecule has 0 radical (unpaired) electrons. The Bertz CT molecular complexity index is 1290. The Morgan fingerprint density at radius 3 is 2.76 bits per heavy atom. The monoisotopic (exact) mass is 443 g/mol. The van der Waals surface area contributed by atoms with Crippen LogP contribution in [0.3, 0.4) is 0 Å². The van der Waals surface area contributed by atoms with Gasteiger partial charge in [0.25, 0.3) is 0 Å². The third-order valence-electron chi connectivity index (χ3n) is 5.66. The number of ether oxygens (including phenoxy) is 2. The molecule has 0 atom stereocenters. The van der Waals surface area contributed by atoms with Crippen LogP contribution in [-0.4, -0.2) is 22.1 Å². The summed E-state index contributed by atoms with van der Waals surface area (Å²) in [5.41, 5.74) is 12.9. The lowest BCUT2D eigenvalue weighted by Crippen LogP contribution is -2.09. The van der Waals surface area contributed by atoms with E-state index in [2.05, 4.69) is 33.9 Å². The smallest absolute Gasteiger partial charge is 0.310 e. The first-order valence-corrected chi connectivity index (χ1v) is 11.1. The quantitative estimate of drug-likeness (QED) is 0.400. The van der Waals surface area contributed by atoms with Crippen LogP contribution >= 0.6 is 0 Å². The van der Waals surface area contributed by atoms with Crippen molar-refractivity contribution in [1.29, 1.82) is 0 Å². The number of esters is 1. The molecule has 4 rings (SSSR count). The largest absolute Gasteiger partial charge is 0.489 e. The molecule has 0 spiro atoms. The average molecular weight is 444 g/mol. The molecule has 0 bridgehead atoms. The first-order valence-electron chi connectivity index (χ1n) is 11.1. The molecule has 2 heterocycles. The lowest BCUT2D eigenvalue weighted by Gasteiger charge is -2.14. The molecule has 2 aromatic carbocycles. The first kappa shape index (κ1) is 22.6. The molecule has 0 amide bonds. The fraction of sp³-hybridized carbons (Fsp3) is 0.259. The second-order valence-corrected chi connectivity index (χ2v) is 8.12. The van der Waals surface area contributed by atoms with E-state index in [-0.39, 0.29) is 12.4 Å². The van der Waals surface area contributed by atoms with Crippen molar-refractivity contribution in [1.82, 2.24) is 9.55 Å². The molecule has 0 unspecified atom stereocenters. The number of hydrogen-bond acceptors (Lipinski definition) is 5. The Hall–Kier alpha value is -3.64. The molecule has 33 heavy (non-hydrogen) atoms. The summed E-state index contributed by atoms with van der Waals surface area (Å²) < 4.78 is 13.5. The third kappa shape index (κ3) is 5.07. The van der Waals surface area contributed by atoms with Gasteiger partial charge in [0.05, 0.1) is 18.7 Å². The van der Waals surface area contributed by atoms with Gasteiger partial charge in [-0.3, -0.25) is 9.78 Å². The fourth-order valence-electron chi connectivity index (χ4n) is 3.98. The number of nitrogens with zero attached hydrogens (tertiary/aromatic N) is 2. The van der Waals surface area contributed by atoms with Crippen molar-refractivity contribution in [2.24, 2.45) is 12.8 Å². The molecular formula is C27H29N3O3. The fourth-order valence-corrected chi connectivity index (χ4v) is 3.98. The van der Waals surface area contributed by atoms with E-state index in [1.165, 1.54) is 0 Å². The topological polar surface area (TPSA) is 79.4 Å². The number of benzene rings is 2. The Morgan fingerprint density at radius 2 is 1.97 bits per heavy atom. The summed E-state index contributed by atoms with van der Waals surface area (Å²) in [7, 11) is 2.03. The molecular weight excluding hydrogens is 414 g/mol. The SMILES string of the molecule is CCOC(=O)Cc1ccc(C)cc1OCc1cc(-c2ccnc(CN)c2)c2ccn(C)c2c1. The minimum Gasteiger partial charge on any atom is -0.489 e. The highest BCUT2D eigenvalue weighted by Crippen LogP contribution is 2.32. The van der Waals surface area contributed by atoms with E-state index in [0.717, 1.165) is 44.4 Å². The third-order valence-corrected chi connectivity index (χ3v) is 5.66. The summed E-state index contributed by atoms with van der Waals surface area (Å²) in [5.74, 6) is 0.443. The zero-order chi connectivity index (χ0) is 23.4. The van der Waals surface area contributed by atoms with Gasteiger partial charge in [0.2, 0.25) is 0 Å². The van der Waals surface area contributed by atoms with Crippen molar-refractivity contribution >= 4 is 16.9 Å². The summed E-state index contributed by atoms with van der Waals surface area (Å²) in [6.07, 6.45) is 4.04. The Labute approximate surface area is 194 Å². The number of aryl methyl sites for hydroxylation is 2. The zero-order valence-electron chi connectivity index (χ0n) is 19.3. The van der Waals surface area contributed by atoms with E-state index < -0.39 is 0 Å². The maximum atomic E-state index is 12.0. The summed E-state index contributed by atoms with van der Waals surface area (Å²) >= 11 is 0. The predicted molar refractivity (Wildman–Crippen MR) is 130 cm³/mol. The van der Waals surface area contributed by atoms with E-state index in [1.54, 1.807) is 13.1 Å². The molecule has 4 aromatic rings. The molecule has 170 valence electrons. The Kier molecular flexibility index (Phi) is 6.75. The van der Waals surface area contributed by atoms with Gasteiger partial charge in [-0.25, -0.2) is 0 Å². The lowest BCUT2D eigenvalue weighted by atomic mass is 9.99. The summed E-state index contributed by atoms with van der Waals surface area (Å²) in [6.45, 7) is 4.95. The summed E-state index contributed by atoms with van der Waals surface area (Å²) in [5, 5.41) is 1.16. The lowest BCUT2D eigenvalue weighted by molar-refractivity contribution is -0.142. The number of pyridine rings is 1. The van der Waals surface area contributed by atoms with Gasteiger partial charge in [0.1, 0.15) is 12.4 Å². The van der Waals surface area contributed by atoms with Crippen LogP contribution in [0.15, 0.2) is 60.9 Å². The van der Waals surface area contributed by atoms with Crippen LogP contribution in [0, 0.1) is 6.92 Å². The van der Waals surface area contributed by atoms with Crippen LogP contribution in [0.25, 0.3) is 22.0 Å². The standard InChI is InChI=1S/C27H29N3O3/c1-4-32-27(31)15-21-6-5-18(2)11-26(21)33-17-19-12-24(20-7-9-29-22(14-20)16-28)23-8-10-30(3)25(23)13-19/h5-14H,4,15-17,28H2,1-3H3. The molecule has 6 nitrogen and oxygen atoms in total. The number of rotatable bonds is 8. The highest BCUT2D eigenvalue weighted by molar-refractivity contribution is 5.96. The minimum atomic E-state index is -0.257. The average Bonchev–Trinajstić information content (AvgIpc) is 3.19. The number of aromatic nitrogens is 2. The second-order valence-electron chi connectivity index (χ2n) is 8.12. The molecule has 0 fully saturated rings. The first-order chi connectivity index (χ1) is 16.0. The number of nitrogens with two attached hydrogens (primary N) is 1. The summed E-state index contributed by atoms with van der Waals surface area (Å²) in [6, 6.07) is 16.3. The van der Waals surface area contributed by atoms with Gasteiger partial charge < -0.3 is 19.8 Å². The van der Waals surface area contributed by atoms with Gasteiger partial charge in [-0.1, -0.05) is 12.1 Å². The van der Waals surface area contributed by atoms with Crippen LogP contribution in [-0.2, 0) is 36.2 Å². The van der Waals surface area contributed by atoms with Crippen LogP contribution in [0.2, 0.25) is 0 Å². The summed E-state index contributed by atoms with van der Waals surface area (Å²) in [4.78, 5) is 16.4. The van der Waals surface area contributed by atoms with Crippen molar-refractivity contribution < 1.29 is 14.3 Å². The Balaban J connectivity index is 1.67. The molecule has 2 aromatic heterocycles. The van der Waals surface area contributed by atoms with Gasteiger partial charge in [0, 0.05) is 42.5 Å². The predicted octanol–water partition coefficient (Wildman–Crippen LogP) is 4.69. The van der Waals surface area contributed by atoms with Crippen molar-refractivity contribution in [2.45, 2.75) is 33.4 Å². The van der Waals surface area contributed by atoms with Crippen molar-refractivity contribution in [3.8, 4) is 16.9 Å². The van der Waals surface area contributed by atoms with Gasteiger partial charge in [0.15, 0.2) is 0 Å². The molecule has 0 aliphatic heterocycles.